The van der Waals surface area contributed by atoms with Crippen LogP contribution in [0, 0.1) is 11.3 Å². The van der Waals surface area contributed by atoms with Gasteiger partial charge in [0, 0.05) is 33.9 Å². The fraction of sp³-hybridized carbons (Fsp3) is 0. The molecular weight excluding hydrogens is 390 g/mol. The van der Waals surface area contributed by atoms with E-state index in [9.17, 15) is 5.26 Å². The standard InChI is InChI=1S/C29H19N3/c30-19-25-23-15-8-10-18-28(23)32(22-13-5-2-6-14-22)29(25)26-20-31(21-11-3-1-4-12-21)27-17-9-7-16-24(26)27/h1-18,20H. The molecule has 4 aromatic carbocycles. The van der Waals surface area contributed by atoms with Crippen LogP contribution in [0.25, 0.3) is 44.4 Å². The van der Waals surface area contributed by atoms with Gasteiger partial charge in [0.25, 0.3) is 0 Å². The van der Waals surface area contributed by atoms with Gasteiger partial charge in [-0.25, -0.2) is 0 Å². The second kappa shape index (κ2) is 7.30. The monoisotopic (exact) mass is 409 g/mol. The first-order valence-corrected chi connectivity index (χ1v) is 10.6. The summed E-state index contributed by atoms with van der Waals surface area (Å²) in [6.45, 7) is 0. The van der Waals surface area contributed by atoms with Gasteiger partial charge in [0.2, 0.25) is 0 Å². The van der Waals surface area contributed by atoms with Crippen molar-refractivity contribution in [3.8, 4) is 28.7 Å². The molecule has 6 rings (SSSR count). The van der Waals surface area contributed by atoms with Crippen molar-refractivity contribution in [2.45, 2.75) is 0 Å². The van der Waals surface area contributed by atoms with Crippen molar-refractivity contribution in [1.82, 2.24) is 9.13 Å². The van der Waals surface area contributed by atoms with E-state index in [1.165, 1.54) is 0 Å². The van der Waals surface area contributed by atoms with Gasteiger partial charge in [-0.3, -0.25) is 0 Å². The maximum absolute atomic E-state index is 10.3. The lowest BCUT2D eigenvalue weighted by atomic mass is 10.1. The molecule has 2 heterocycles. The predicted octanol–water partition coefficient (Wildman–Crippen LogP) is 7.11. The van der Waals surface area contributed by atoms with E-state index in [0.29, 0.717) is 5.56 Å². The van der Waals surface area contributed by atoms with Gasteiger partial charge in [0.1, 0.15) is 6.07 Å². The quantitative estimate of drug-likeness (QED) is 0.306. The molecule has 32 heavy (non-hydrogen) atoms. The number of aromatic nitrogens is 2. The fourth-order valence-electron chi connectivity index (χ4n) is 4.62. The number of hydrogen-bond donors (Lipinski definition) is 0. The second-order valence-electron chi connectivity index (χ2n) is 7.79. The highest BCUT2D eigenvalue weighted by atomic mass is 15.0. The average molecular weight is 409 g/mol. The maximum Gasteiger partial charge on any atom is 0.102 e. The Morgan fingerprint density at radius 2 is 1.12 bits per heavy atom. The van der Waals surface area contributed by atoms with Gasteiger partial charge >= 0.3 is 0 Å². The van der Waals surface area contributed by atoms with E-state index < -0.39 is 0 Å². The van der Waals surface area contributed by atoms with Crippen LogP contribution in [0.3, 0.4) is 0 Å². The van der Waals surface area contributed by atoms with Crippen molar-refractivity contribution in [1.29, 1.82) is 5.26 Å². The summed E-state index contributed by atoms with van der Waals surface area (Å²) in [5, 5.41) is 12.3. The molecule has 0 radical (unpaired) electrons. The molecule has 2 aromatic heterocycles. The van der Waals surface area contributed by atoms with Crippen LogP contribution < -0.4 is 0 Å². The summed E-state index contributed by atoms with van der Waals surface area (Å²) in [7, 11) is 0. The minimum atomic E-state index is 0.695. The van der Waals surface area contributed by atoms with Gasteiger partial charge in [-0.1, -0.05) is 72.8 Å². The summed E-state index contributed by atoms with van der Waals surface area (Å²) >= 11 is 0. The number of fused-ring (bicyclic) bond motifs is 2. The highest BCUT2D eigenvalue weighted by Gasteiger charge is 2.23. The Morgan fingerprint density at radius 3 is 1.81 bits per heavy atom. The van der Waals surface area contributed by atoms with Crippen LogP contribution in [0.4, 0.5) is 0 Å². The Morgan fingerprint density at radius 1 is 0.562 bits per heavy atom. The molecule has 3 heteroatoms. The Hall–Kier alpha value is -4.55. The van der Waals surface area contributed by atoms with Gasteiger partial charge < -0.3 is 9.13 Å². The van der Waals surface area contributed by atoms with E-state index in [0.717, 1.165) is 44.4 Å². The number of nitrogens with zero attached hydrogens (tertiary/aromatic N) is 3. The lowest BCUT2D eigenvalue weighted by Gasteiger charge is -2.11. The summed E-state index contributed by atoms with van der Waals surface area (Å²) in [6, 6.07) is 39.6. The highest BCUT2D eigenvalue weighted by Crippen LogP contribution is 2.40. The summed E-state index contributed by atoms with van der Waals surface area (Å²) in [4.78, 5) is 0. The third-order valence-corrected chi connectivity index (χ3v) is 6.00. The van der Waals surface area contributed by atoms with Crippen LogP contribution in [0.2, 0.25) is 0 Å². The number of hydrogen-bond acceptors (Lipinski definition) is 1. The Labute approximate surface area is 186 Å². The molecule has 0 aliphatic heterocycles. The van der Waals surface area contributed by atoms with E-state index in [1.807, 2.05) is 54.6 Å². The first-order chi connectivity index (χ1) is 15.9. The lowest BCUT2D eigenvalue weighted by Crippen LogP contribution is -1.97. The summed E-state index contributed by atoms with van der Waals surface area (Å²) < 4.78 is 4.42. The second-order valence-corrected chi connectivity index (χ2v) is 7.79. The first-order valence-electron chi connectivity index (χ1n) is 10.6. The van der Waals surface area contributed by atoms with Crippen molar-refractivity contribution in [3.63, 3.8) is 0 Å². The van der Waals surface area contributed by atoms with Crippen molar-refractivity contribution >= 4 is 21.8 Å². The fourth-order valence-corrected chi connectivity index (χ4v) is 4.62. The number of rotatable bonds is 3. The molecule has 0 bridgehead atoms. The minimum Gasteiger partial charge on any atom is -0.316 e. The normalized spacial score (nSPS) is 11.1. The molecule has 0 fully saturated rings. The van der Waals surface area contributed by atoms with Crippen molar-refractivity contribution in [2.75, 3.05) is 0 Å². The molecule has 0 saturated heterocycles. The van der Waals surface area contributed by atoms with Crippen LogP contribution in [-0.2, 0) is 0 Å². The Bertz CT molecular complexity index is 1610. The van der Waals surface area contributed by atoms with Gasteiger partial charge in [0.05, 0.1) is 22.3 Å². The van der Waals surface area contributed by atoms with Gasteiger partial charge in [0.15, 0.2) is 0 Å². The lowest BCUT2D eigenvalue weighted by molar-refractivity contribution is 1.11. The zero-order valence-electron chi connectivity index (χ0n) is 17.3. The minimum absolute atomic E-state index is 0.695. The van der Waals surface area contributed by atoms with Gasteiger partial charge in [-0.05, 0) is 36.4 Å². The summed E-state index contributed by atoms with van der Waals surface area (Å²) in [5.41, 5.74) is 6.93. The molecular formula is C29H19N3. The van der Waals surface area contributed by atoms with E-state index in [1.54, 1.807) is 0 Å². The van der Waals surface area contributed by atoms with Crippen molar-refractivity contribution < 1.29 is 0 Å². The number of benzene rings is 4. The topological polar surface area (TPSA) is 33.6 Å². The summed E-state index contributed by atoms with van der Waals surface area (Å²) in [6.07, 6.45) is 2.16. The smallest absolute Gasteiger partial charge is 0.102 e. The van der Waals surface area contributed by atoms with E-state index in [-0.39, 0.29) is 0 Å². The molecule has 0 unspecified atom stereocenters. The predicted molar refractivity (Wildman–Crippen MR) is 130 cm³/mol. The van der Waals surface area contributed by atoms with Crippen LogP contribution >= 0.6 is 0 Å². The average Bonchev–Trinajstić information content (AvgIpc) is 3.41. The maximum atomic E-state index is 10.3. The molecule has 3 nitrogen and oxygen atoms in total. The van der Waals surface area contributed by atoms with Crippen LogP contribution in [0.15, 0.2) is 115 Å². The number of para-hydroxylation sites is 4. The third kappa shape index (κ3) is 2.67. The molecule has 0 atom stereocenters. The Balaban J connectivity index is 1.77. The molecule has 0 spiro atoms. The van der Waals surface area contributed by atoms with Crippen LogP contribution in [-0.4, -0.2) is 9.13 Å². The first kappa shape index (κ1) is 18.2. The molecule has 0 N–H and O–H groups in total. The molecule has 0 amide bonds. The van der Waals surface area contributed by atoms with Crippen LogP contribution in [0.5, 0.6) is 0 Å². The molecule has 0 aliphatic rings. The van der Waals surface area contributed by atoms with E-state index in [4.69, 9.17) is 0 Å². The molecule has 6 aromatic rings. The van der Waals surface area contributed by atoms with E-state index >= 15 is 0 Å². The number of nitriles is 1. The SMILES string of the molecule is N#Cc1c(-c2cn(-c3ccccc3)c3ccccc23)n(-c2ccccc2)c2ccccc12. The zero-order chi connectivity index (χ0) is 21.5. The van der Waals surface area contributed by atoms with Gasteiger partial charge in [-0.15, -0.1) is 0 Å². The van der Waals surface area contributed by atoms with Gasteiger partial charge in [-0.2, -0.15) is 5.26 Å². The zero-order valence-corrected chi connectivity index (χ0v) is 17.3. The Kier molecular flexibility index (Phi) is 4.16. The summed E-state index contributed by atoms with van der Waals surface area (Å²) in [5.74, 6) is 0. The largest absolute Gasteiger partial charge is 0.316 e. The molecule has 0 saturated carbocycles. The third-order valence-electron chi connectivity index (χ3n) is 6.00. The molecule has 150 valence electrons. The molecule has 0 aliphatic carbocycles. The van der Waals surface area contributed by atoms with Crippen molar-refractivity contribution in [2.24, 2.45) is 0 Å². The van der Waals surface area contributed by atoms with Crippen molar-refractivity contribution in [3.05, 3.63) is 121 Å². The highest BCUT2D eigenvalue weighted by molar-refractivity contribution is 6.04. The van der Waals surface area contributed by atoms with E-state index in [2.05, 4.69) is 76.0 Å². The van der Waals surface area contributed by atoms with Crippen LogP contribution in [0.1, 0.15) is 5.56 Å².